The maximum Gasteiger partial charge on any atom is 0.141 e. The van der Waals surface area contributed by atoms with Crippen LogP contribution < -0.4 is 10.5 Å². The van der Waals surface area contributed by atoms with Gasteiger partial charge in [-0.1, -0.05) is 0 Å². The average Bonchev–Trinajstić information content (AvgIpc) is 2.17. The van der Waals surface area contributed by atoms with Gasteiger partial charge in [-0.25, -0.2) is 0 Å². The van der Waals surface area contributed by atoms with E-state index in [1.807, 2.05) is 0 Å². The molecule has 0 bridgehead atoms. The number of aldehydes is 1. The van der Waals surface area contributed by atoms with E-state index in [1.165, 1.54) is 0 Å². The molecule has 0 fully saturated rings. The predicted molar refractivity (Wildman–Crippen MR) is 55.8 cm³/mol. The van der Waals surface area contributed by atoms with Crippen LogP contribution in [0.5, 0.6) is 5.75 Å². The van der Waals surface area contributed by atoms with Crippen LogP contribution in [0.3, 0.4) is 0 Å². The van der Waals surface area contributed by atoms with E-state index < -0.39 is 0 Å². The highest BCUT2D eigenvalue weighted by Gasteiger charge is 2.02. The number of hydrogen-bond donors (Lipinski definition) is 1. The topological polar surface area (TPSA) is 65.2 Å². The Morgan fingerprint density at radius 2 is 2.36 bits per heavy atom. The Balaban J connectivity index is 0.00000169. The minimum atomic E-state index is 0. The maximum absolute atomic E-state index is 10.3. The second-order valence-electron chi connectivity index (χ2n) is 2.46. The van der Waals surface area contributed by atoms with E-state index >= 15 is 0 Å². The highest BCUT2D eigenvalue weighted by atomic mass is 35.5. The maximum atomic E-state index is 10.3. The van der Waals surface area contributed by atoms with Crippen LogP contribution in [-0.4, -0.2) is 24.4 Å². The molecular formula is C9H13ClN2O2. The van der Waals surface area contributed by atoms with Crippen LogP contribution in [0.15, 0.2) is 18.3 Å². The Labute approximate surface area is 88.9 Å². The summed E-state index contributed by atoms with van der Waals surface area (Å²) in [4.78, 5) is 14.3. The zero-order valence-electron chi connectivity index (χ0n) is 7.68. The van der Waals surface area contributed by atoms with E-state index in [0.717, 1.165) is 6.29 Å². The summed E-state index contributed by atoms with van der Waals surface area (Å²) in [6.07, 6.45) is 2.71. The van der Waals surface area contributed by atoms with Crippen LogP contribution in [-0.2, 0) is 11.2 Å². The van der Waals surface area contributed by atoms with Crippen molar-refractivity contribution in [3.8, 4) is 5.75 Å². The molecule has 5 heteroatoms. The predicted octanol–water partition coefficient (Wildman–Crippen LogP) is 0.582. The molecule has 14 heavy (non-hydrogen) atoms. The van der Waals surface area contributed by atoms with Gasteiger partial charge in [0.1, 0.15) is 18.6 Å². The van der Waals surface area contributed by atoms with Gasteiger partial charge in [0.05, 0.1) is 5.69 Å². The van der Waals surface area contributed by atoms with Crippen molar-refractivity contribution >= 4 is 18.7 Å². The Hall–Kier alpha value is -1.13. The lowest BCUT2D eigenvalue weighted by atomic mass is 10.2. The lowest BCUT2D eigenvalue weighted by molar-refractivity contribution is -0.107. The number of pyridine rings is 1. The van der Waals surface area contributed by atoms with Gasteiger partial charge in [-0.3, -0.25) is 4.98 Å². The van der Waals surface area contributed by atoms with Crippen LogP contribution in [0.25, 0.3) is 0 Å². The third-order valence-electron chi connectivity index (χ3n) is 1.50. The third kappa shape index (κ3) is 3.72. The largest absolute Gasteiger partial charge is 0.490 e. The first-order valence-electron chi connectivity index (χ1n) is 4.09. The van der Waals surface area contributed by atoms with Gasteiger partial charge in [-0.05, 0) is 12.1 Å². The number of rotatable bonds is 5. The number of carbonyl (C=O) groups excluding carboxylic acids is 1. The molecule has 1 aromatic rings. The summed E-state index contributed by atoms with van der Waals surface area (Å²) in [5.74, 6) is 0.639. The summed E-state index contributed by atoms with van der Waals surface area (Å²) in [6.45, 7) is 0.896. The smallest absolute Gasteiger partial charge is 0.141 e. The second kappa shape index (κ2) is 7.29. The molecule has 0 aromatic carbocycles. The molecule has 0 aliphatic rings. The Bertz CT molecular complexity index is 281. The van der Waals surface area contributed by atoms with Gasteiger partial charge in [0.15, 0.2) is 0 Å². The summed E-state index contributed by atoms with van der Waals surface area (Å²) in [5, 5.41) is 0. The molecule has 1 aromatic heterocycles. The SMILES string of the molecule is Cl.NCCOc1cccnc1CC=O. The molecule has 0 radical (unpaired) electrons. The summed E-state index contributed by atoms with van der Waals surface area (Å²) >= 11 is 0. The van der Waals surface area contributed by atoms with Crippen molar-refractivity contribution in [2.75, 3.05) is 13.2 Å². The van der Waals surface area contributed by atoms with Gasteiger partial charge in [0.25, 0.3) is 0 Å². The highest BCUT2D eigenvalue weighted by molar-refractivity contribution is 5.85. The van der Waals surface area contributed by atoms with Crippen molar-refractivity contribution < 1.29 is 9.53 Å². The zero-order valence-corrected chi connectivity index (χ0v) is 8.50. The van der Waals surface area contributed by atoms with Crippen molar-refractivity contribution in [2.45, 2.75) is 6.42 Å². The van der Waals surface area contributed by atoms with Gasteiger partial charge in [0.2, 0.25) is 0 Å². The van der Waals surface area contributed by atoms with Gasteiger partial charge in [-0.2, -0.15) is 0 Å². The molecule has 1 rings (SSSR count). The van der Waals surface area contributed by atoms with E-state index in [9.17, 15) is 4.79 Å². The van der Waals surface area contributed by atoms with Crippen LogP contribution in [0, 0.1) is 0 Å². The molecule has 0 saturated heterocycles. The molecule has 0 saturated carbocycles. The van der Waals surface area contributed by atoms with E-state index in [4.69, 9.17) is 10.5 Å². The van der Waals surface area contributed by atoms with Gasteiger partial charge >= 0.3 is 0 Å². The molecule has 4 nitrogen and oxygen atoms in total. The summed E-state index contributed by atoms with van der Waals surface area (Å²) in [6, 6.07) is 3.54. The van der Waals surface area contributed by atoms with Gasteiger partial charge < -0.3 is 15.3 Å². The van der Waals surface area contributed by atoms with Crippen LogP contribution in [0.2, 0.25) is 0 Å². The number of carbonyl (C=O) groups is 1. The first-order valence-corrected chi connectivity index (χ1v) is 4.09. The molecule has 78 valence electrons. The first kappa shape index (κ1) is 12.9. The molecule has 0 spiro atoms. The van der Waals surface area contributed by atoms with E-state index in [2.05, 4.69) is 4.98 Å². The highest BCUT2D eigenvalue weighted by Crippen LogP contribution is 2.14. The van der Waals surface area contributed by atoms with Gasteiger partial charge in [-0.15, -0.1) is 12.4 Å². The Morgan fingerprint density at radius 1 is 1.57 bits per heavy atom. The Kier molecular flexibility index (Phi) is 6.70. The van der Waals surface area contributed by atoms with Crippen molar-refractivity contribution in [3.63, 3.8) is 0 Å². The fourth-order valence-electron chi connectivity index (χ4n) is 0.956. The minimum absolute atomic E-state index is 0. The fraction of sp³-hybridized carbons (Fsp3) is 0.333. The number of aromatic nitrogens is 1. The van der Waals surface area contributed by atoms with Crippen LogP contribution >= 0.6 is 12.4 Å². The summed E-state index contributed by atoms with van der Waals surface area (Å²) in [5.41, 5.74) is 5.94. The fourth-order valence-corrected chi connectivity index (χ4v) is 0.956. The molecule has 0 atom stereocenters. The van der Waals surface area contributed by atoms with Crippen molar-refractivity contribution in [2.24, 2.45) is 5.73 Å². The van der Waals surface area contributed by atoms with Gasteiger partial charge in [0, 0.05) is 19.2 Å². The zero-order chi connectivity index (χ0) is 9.52. The number of ether oxygens (including phenoxy) is 1. The lowest BCUT2D eigenvalue weighted by Crippen LogP contribution is -2.12. The molecule has 0 aliphatic heterocycles. The van der Waals surface area contributed by atoms with Crippen LogP contribution in [0.4, 0.5) is 0 Å². The summed E-state index contributed by atoms with van der Waals surface area (Å²) < 4.78 is 5.29. The number of nitrogens with zero attached hydrogens (tertiary/aromatic N) is 1. The van der Waals surface area contributed by atoms with Crippen molar-refractivity contribution in [3.05, 3.63) is 24.0 Å². The number of nitrogens with two attached hydrogens (primary N) is 1. The average molecular weight is 217 g/mol. The molecular weight excluding hydrogens is 204 g/mol. The molecule has 0 aliphatic carbocycles. The van der Waals surface area contributed by atoms with E-state index in [0.29, 0.717) is 24.6 Å². The normalized spacial score (nSPS) is 8.93. The monoisotopic (exact) mass is 216 g/mol. The molecule has 1 heterocycles. The lowest BCUT2D eigenvalue weighted by Gasteiger charge is -2.06. The summed E-state index contributed by atoms with van der Waals surface area (Å²) in [7, 11) is 0. The van der Waals surface area contributed by atoms with E-state index in [1.54, 1.807) is 18.3 Å². The molecule has 0 unspecified atom stereocenters. The second-order valence-corrected chi connectivity index (χ2v) is 2.46. The van der Waals surface area contributed by atoms with Crippen molar-refractivity contribution in [1.29, 1.82) is 0 Å². The molecule has 2 N–H and O–H groups in total. The van der Waals surface area contributed by atoms with Crippen molar-refractivity contribution in [1.82, 2.24) is 4.98 Å². The number of halogens is 1. The quantitative estimate of drug-likeness (QED) is 0.732. The van der Waals surface area contributed by atoms with E-state index in [-0.39, 0.29) is 18.8 Å². The molecule has 0 amide bonds. The third-order valence-corrected chi connectivity index (χ3v) is 1.50. The number of hydrogen-bond acceptors (Lipinski definition) is 4. The van der Waals surface area contributed by atoms with Crippen LogP contribution in [0.1, 0.15) is 5.69 Å². The minimum Gasteiger partial charge on any atom is -0.490 e. The Morgan fingerprint density at radius 3 is 3.00 bits per heavy atom. The standard InChI is InChI=1S/C9H12N2O2.ClH/c10-4-7-13-9-2-1-5-11-8(9)3-6-12;/h1-2,5-6H,3-4,7,10H2;1H. The first-order chi connectivity index (χ1) is 6.38.